The molecule has 0 spiro atoms. The highest BCUT2D eigenvalue weighted by molar-refractivity contribution is 9.10. The van der Waals surface area contributed by atoms with Crippen LogP contribution in [0.5, 0.6) is 0 Å². The number of nitrogens with one attached hydrogen (secondary N) is 1. The van der Waals surface area contributed by atoms with Gasteiger partial charge in [0.1, 0.15) is 0 Å². The lowest BCUT2D eigenvalue weighted by Crippen LogP contribution is -2.16. The van der Waals surface area contributed by atoms with Gasteiger partial charge < -0.3 is 10.4 Å². The Hall–Kier alpha value is -1.85. The largest absolute Gasteiger partial charge is 0.478 e. The molecule has 0 heterocycles. The van der Waals surface area contributed by atoms with Crippen molar-refractivity contribution in [2.24, 2.45) is 0 Å². The van der Waals surface area contributed by atoms with Crippen molar-refractivity contribution in [3.05, 3.63) is 62.6 Å². The summed E-state index contributed by atoms with van der Waals surface area (Å²) in [6, 6.07) is 9.59. The average molecular weight is 369 g/mol. The molecule has 0 aliphatic rings. The minimum Gasteiger partial charge on any atom is -0.478 e. The van der Waals surface area contributed by atoms with Crippen LogP contribution in [-0.2, 0) is 0 Å². The first-order valence-corrected chi connectivity index (χ1v) is 7.16. The monoisotopic (exact) mass is 367 g/mol. The standard InChI is InChI=1S/C15H11BrClNO3/c1-8-3-2-4-12(15(20)21)13(8)18-14(19)9-5-10(16)7-11(17)6-9/h2-7H,1H3,(H,18,19)(H,20,21). The van der Waals surface area contributed by atoms with Gasteiger partial charge in [0.15, 0.2) is 0 Å². The molecule has 0 aliphatic carbocycles. The molecule has 0 saturated carbocycles. The third kappa shape index (κ3) is 3.62. The minimum atomic E-state index is -1.10. The molecule has 0 atom stereocenters. The Kier molecular flexibility index (Phi) is 4.65. The summed E-state index contributed by atoms with van der Waals surface area (Å²) in [5.74, 6) is -1.52. The Balaban J connectivity index is 2.38. The number of halogens is 2. The SMILES string of the molecule is Cc1cccc(C(=O)O)c1NC(=O)c1cc(Cl)cc(Br)c1. The van der Waals surface area contributed by atoms with E-state index < -0.39 is 11.9 Å². The molecule has 2 aromatic rings. The second-order valence-electron chi connectivity index (χ2n) is 4.41. The number of anilines is 1. The molecule has 2 rings (SSSR count). The molecule has 6 heteroatoms. The summed E-state index contributed by atoms with van der Waals surface area (Å²) in [6.07, 6.45) is 0. The molecular formula is C15H11BrClNO3. The zero-order valence-electron chi connectivity index (χ0n) is 11.0. The van der Waals surface area contributed by atoms with E-state index in [1.807, 2.05) is 0 Å². The van der Waals surface area contributed by atoms with Crippen molar-refractivity contribution >= 4 is 45.1 Å². The number of aromatic carboxylic acids is 1. The number of hydrogen-bond donors (Lipinski definition) is 2. The van der Waals surface area contributed by atoms with Crippen LogP contribution in [0.25, 0.3) is 0 Å². The summed E-state index contributed by atoms with van der Waals surface area (Å²) < 4.78 is 0.670. The van der Waals surface area contributed by atoms with Gasteiger partial charge in [-0.25, -0.2) is 4.79 Å². The summed E-state index contributed by atoms with van der Waals surface area (Å²) in [5.41, 5.74) is 1.34. The highest BCUT2D eigenvalue weighted by Crippen LogP contribution is 2.24. The maximum atomic E-state index is 12.3. The van der Waals surface area contributed by atoms with Crippen LogP contribution >= 0.6 is 27.5 Å². The van der Waals surface area contributed by atoms with Gasteiger partial charge >= 0.3 is 5.97 Å². The molecule has 0 aromatic heterocycles. The van der Waals surface area contributed by atoms with E-state index in [1.54, 1.807) is 31.2 Å². The molecule has 0 unspecified atom stereocenters. The number of benzene rings is 2. The molecule has 0 radical (unpaired) electrons. The van der Waals surface area contributed by atoms with Crippen molar-refractivity contribution in [1.29, 1.82) is 0 Å². The molecule has 4 nitrogen and oxygen atoms in total. The third-order valence-corrected chi connectivity index (χ3v) is 3.54. The summed E-state index contributed by atoms with van der Waals surface area (Å²) in [5, 5.41) is 12.2. The molecule has 0 bridgehead atoms. The Morgan fingerprint density at radius 1 is 1.24 bits per heavy atom. The number of rotatable bonds is 3. The second-order valence-corrected chi connectivity index (χ2v) is 5.77. The molecule has 0 fully saturated rings. The van der Waals surface area contributed by atoms with Crippen LogP contribution < -0.4 is 5.32 Å². The van der Waals surface area contributed by atoms with E-state index in [1.165, 1.54) is 12.1 Å². The van der Waals surface area contributed by atoms with Crippen molar-refractivity contribution in [2.45, 2.75) is 6.92 Å². The molecule has 21 heavy (non-hydrogen) atoms. The lowest BCUT2D eigenvalue weighted by atomic mass is 10.1. The van der Waals surface area contributed by atoms with Gasteiger partial charge in [-0.2, -0.15) is 0 Å². The zero-order valence-corrected chi connectivity index (χ0v) is 13.3. The smallest absolute Gasteiger partial charge is 0.337 e. The fraction of sp³-hybridized carbons (Fsp3) is 0.0667. The third-order valence-electron chi connectivity index (χ3n) is 2.87. The number of carboxylic acids is 1. The summed E-state index contributed by atoms with van der Waals surface area (Å²) in [4.78, 5) is 23.5. The van der Waals surface area contributed by atoms with Crippen LogP contribution in [-0.4, -0.2) is 17.0 Å². The highest BCUT2D eigenvalue weighted by atomic mass is 79.9. The van der Waals surface area contributed by atoms with E-state index in [0.717, 1.165) is 0 Å². The Labute approximate surface area is 134 Å². The minimum absolute atomic E-state index is 0.0458. The Morgan fingerprint density at radius 2 is 1.95 bits per heavy atom. The predicted octanol–water partition coefficient (Wildman–Crippen LogP) is 4.36. The molecule has 0 saturated heterocycles. The van der Waals surface area contributed by atoms with E-state index in [4.69, 9.17) is 11.6 Å². The van der Waals surface area contributed by atoms with E-state index >= 15 is 0 Å². The van der Waals surface area contributed by atoms with E-state index in [2.05, 4.69) is 21.2 Å². The highest BCUT2D eigenvalue weighted by Gasteiger charge is 2.16. The number of aryl methyl sites for hydroxylation is 1. The van der Waals surface area contributed by atoms with E-state index in [9.17, 15) is 14.7 Å². The number of para-hydroxylation sites is 1. The van der Waals surface area contributed by atoms with Crippen LogP contribution in [0.4, 0.5) is 5.69 Å². The van der Waals surface area contributed by atoms with Gasteiger partial charge in [-0.05, 0) is 36.8 Å². The Bertz CT molecular complexity index is 711. The topological polar surface area (TPSA) is 66.4 Å². The molecular weight excluding hydrogens is 358 g/mol. The van der Waals surface area contributed by atoms with Crippen molar-refractivity contribution in [2.75, 3.05) is 5.32 Å². The number of carbonyl (C=O) groups excluding carboxylic acids is 1. The quantitative estimate of drug-likeness (QED) is 0.846. The number of carbonyl (C=O) groups is 2. The van der Waals surface area contributed by atoms with Crippen LogP contribution in [0.3, 0.4) is 0 Å². The van der Waals surface area contributed by atoms with Gasteiger partial charge in [0.05, 0.1) is 11.3 Å². The Morgan fingerprint density at radius 3 is 2.57 bits per heavy atom. The molecule has 0 aliphatic heterocycles. The maximum absolute atomic E-state index is 12.3. The molecule has 2 N–H and O–H groups in total. The molecule has 1 amide bonds. The lowest BCUT2D eigenvalue weighted by Gasteiger charge is -2.12. The van der Waals surface area contributed by atoms with Crippen LogP contribution in [0.1, 0.15) is 26.3 Å². The van der Waals surface area contributed by atoms with Gasteiger partial charge in [0, 0.05) is 15.1 Å². The second kappa shape index (κ2) is 6.28. The van der Waals surface area contributed by atoms with Crippen LogP contribution in [0.15, 0.2) is 40.9 Å². The number of carboxylic acid groups (broad SMARTS) is 1. The first kappa shape index (κ1) is 15.5. The number of hydrogen-bond acceptors (Lipinski definition) is 2. The lowest BCUT2D eigenvalue weighted by molar-refractivity contribution is 0.0698. The van der Waals surface area contributed by atoms with Gasteiger partial charge in [-0.1, -0.05) is 39.7 Å². The number of amides is 1. The van der Waals surface area contributed by atoms with Crippen molar-refractivity contribution in [3.63, 3.8) is 0 Å². The summed E-state index contributed by atoms with van der Waals surface area (Å²) in [6.45, 7) is 1.73. The molecule has 108 valence electrons. The molecule has 2 aromatic carbocycles. The fourth-order valence-corrected chi connectivity index (χ4v) is 2.74. The van der Waals surface area contributed by atoms with Gasteiger partial charge in [-0.3, -0.25) is 4.79 Å². The zero-order chi connectivity index (χ0) is 15.6. The first-order chi connectivity index (χ1) is 9.88. The van der Waals surface area contributed by atoms with Crippen LogP contribution in [0.2, 0.25) is 5.02 Å². The summed E-state index contributed by atoms with van der Waals surface area (Å²) in [7, 11) is 0. The van der Waals surface area contributed by atoms with Crippen molar-refractivity contribution in [1.82, 2.24) is 0 Å². The van der Waals surface area contributed by atoms with Gasteiger partial charge in [-0.15, -0.1) is 0 Å². The summed E-state index contributed by atoms with van der Waals surface area (Å²) >= 11 is 9.17. The van der Waals surface area contributed by atoms with Crippen molar-refractivity contribution < 1.29 is 14.7 Å². The van der Waals surface area contributed by atoms with Crippen LogP contribution in [0, 0.1) is 6.92 Å². The first-order valence-electron chi connectivity index (χ1n) is 5.99. The van der Waals surface area contributed by atoms with Crippen molar-refractivity contribution in [3.8, 4) is 0 Å². The van der Waals surface area contributed by atoms with E-state index in [-0.39, 0.29) is 11.3 Å². The van der Waals surface area contributed by atoms with E-state index in [0.29, 0.717) is 20.6 Å². The maximum Gasteiger partial charge on any atom is 0.337 e. The predicted molar refractivity (Wildman–Crippen MR) is 85.2 cm³/mol. The van der Waals surface area contributed by atoms with Gasteiger partial charge in [0.25, 0.3) is 5.91 Å². The van der Waals surface area contributed by atoms with Gasteiger partial charge in [0.2, 0.25) is 0 Å². The average Bonchev–Trinajstić information content (AvgIpc) is 2.39. The fourth-order valence-electron chi connectivity index (χ4n) is 1.88. The normalized spacial score (nSPS) is 10.2.